The van der Waals surface area contributed by atoms with Crippen LogP contribution in [0, 0.1) is 0 Å². The standard InChI is InChI=1S/C13H14N2O/c1-2-4-13-10(3-1)5-6-11(15-13)7-14-12-8-16-9-12/h1-6,12,14H,7-9H2. The molecule has 0 saturated carbocycles. The smallest absolute Gasteiger partial charge is 0.0705 e. The van der Waals surface area contributed by atoms with E-state index in [0.29, 0.717) is 6.04 Å². The second-order valence-corrected chi connectivity index (χ2v) is 4.11. The normalized spacial score (nSPS) is 16.2. The van der Waals surface area contributed by atoms with Gasteiger partial charge in [0.2, 0.25) is 0 Å². The molecule has 0 amide bonds. The summed E-state index contributed by atoms with van der Waals surface area (Å²) in [6.07, 6.45) is 0. The number of fused-ring (bicyclic) bond motifs is 1. The third-order valence-corrected chi connectivity index (χ3v) is 2.87. The van der Waals surface area contributed by atoms with Crippen LogP contribution in [0.25, 0.3) is 10.9 Å². The summed E-state index contributed by atoms with van der Waals surface area (Å²) in [7, 11) is 0. The number of nitrogens with one attached hydrogen (secondary N) is 1. The van der Waals surface area contributed by atoms with Crippen LogP contribution in [0.4, 0.5) is 0 Å². The van der Waals surface area contributed by atoms with Crippen molar-refractivity contribution in [3.63, 3.8) is 0 Å². The first-order valence-corrected chi connectivity index (χ1v) is 5.57. The minimum atomic E-state index is 0.508. The first kappa shape index (κ1) is 9.75. The second kappa shape index (κ2) is 4.20. The van der Waals surface area contributed by atoms with Crippen LogP contribution < -0.4 is 5.32 Å². The lowest BCUT2D eigenvalue weighted by Crippen LogP contribution is -2.45. The van der Waals surface area contributed by atoms with Crippen molar-refractivity contribution in [1.82, 2.24) is 10.3 Å². The highest BCUT2D eigenvalue weighted by molar-refractivity contribution is 5.78. The maximum absolute atomic E-state index is 5.11. The molecule has 3 heteroatoms. The van der Waals surface area contributed by atoms with E-state index < -0.39 is 0 Å². The van der Waals surface area contributed by atoms with Gasteiger partial charge in [0.25, 0.3) is 0 Å². The van der Waals surface area contributed by atoms with E-state index in [0.717, 1.165) is 31.0 Å². The molecule has 82 valence electrons. The van der Waals surface area contributed by atoms with Crippen molar-refractivity contribution in [2.45, 2.75) is 12.6 Å². The molecule has 1 saturated heterocycles. The Hall–Kier alpha value is -1.45. The summed E-state index contributed by atoms with van der Waals surface area (Å²) in [5.41, 5.74) is 2.15. The van der Waals surface area contributed by atoms with Gasteiger partial charge < -0.3 is 10.1 Å². The molecule has 0 bridgehead atoms. The zero-order valence-corrected chi connectivity index (χ0v) is 9.02. The molecule has 1 aromatic heterocycles. The predicted molar refractivity (Wildman–Crippen MR) is 63.2 cm³/mol. The van der Waals surface area contributed by atoms with Gasteiger partial charge in [-0.3, -0.25) is 4.98 Å². The number of rotatable bonds is 3. The molecular formula is C13H14N2O. The summed E-state index contributed by atoms with van der Waals surface area (Å²) < 4.78 is 5.11. The van der Waals surface area contributed by atoms with Gasteiger partial charge in [0.05, 0.1) is 30.5 Å². The molecule has 3 rings (SSSR count). The quantitative estimate of drug-likeness (QED) is 0.844. The molecule has 1 N–H and O–H groups in total. The van der Waals surface area contributed by atoms with Crippen molar-refractivity contribution in [2.24, 2.45) is 0 Å². The van der Waals surface area contributed by atoms with Crippen LogP contribution >= 0.6 is 0 Å². The van der Waals surface area contributed by atoms with Gasteiger partial charge in [-0.1, -0.05) is 24.3 Å². The highest BCUT2D eigenvalue weighted by atomic mass is 16.5. The van der Waals surface area contributed by atoms with E-state index in [1.54, 1.807) is 0 Å². The van der Waals surface area contributed by atoms with E-state index in [9.17, 15) is 0 Å². The van der Waals surface area contributed by atoms with Crippen LogP contribution in [-0.4, -0.2) is 24.2 Å². The van der Waals surface area contributed by atoms with E-state index in [1.807, 2.05) is 18.2 Å². The van der Waals surface area contributed by atoms with Gasteiger partial charge in [-0.2, -0.15) is 0 Å². The second-order valence-electron chi connectivity index (χ2n) is 4.11. The molecule has 1 fully saturated rings. The monoisotopic (exact) mass is 214 g/mol. The zero-order chi connectivity index (χ0) is 10.8. The van der Waals surface area contributed by atoms with Crippen molar-refractivity contribution in [3.8, 4) is 0 Å². The average molecular weight is 214 g/mol. The third kappa shape index (κ3) is 1.92. The van der Waals surface area contributed by atoms with Gasteiger partial charge in [-0.25, -0.2) is 0 Å². The Morgan fingerprint density at radius 3 is 2.88 bits per heavy atom. The Morgan fingerprint density at radius 2 is 2.06 bits per heavy atom. The van der Waals surface area contributed by atoms with Crippen molar-refractivity contribution in [1.29, 1.82) is 0 Å². The van der Waals surface area contributed by atoms with Crippen LogP contribution in [0.15, 0.2) is 36.4 Å². The molecule has 0 aliphatic carbocycles. The summed E-state index contributed by atoms with van der Waals surface area (Å²) in [5, 5.41) is 4.61. The van der Waals surface area contributed by atoms with Gasteiger partial charge in [0.1, 0.15) is 0 Å². The number of ether oxygens (including phenoxy) is 1. The lowest BCUT2D eigenvalue weighted by molar-refractivity contribution is -0.00590. The molecule has 0 atom stereocenters. The molecule has 0 unspecified atom stereocenters. The molecule has 2 heterocycles. The number of nitrogens with zero attached hydrogens (tertiary/aromatic N) is 1. The summed E-state index contributed by atoms with van der Waals surface area (Å²) in [4.78, 5) is 4.60. The van der Waals surface area contributed by atoms with Gasteiger partial charge in [0.15, 0.2) is 0 Å². The molecule has 3 nitrogen and oxygen atoms in total. The van der Waals surface area contributed by atoms with Crippen LogP contribution in [0.3, 0.4) is 0 Å². The molecule has 1 aliphatic heterocycles. The molecule has 2 aromatic rings. The summed E-state index contributed by atoms with van der Waals surface area (Å²) >= 11 is 0. The Labute approximate surface area is 94.5 Å². The Morgan fingerprint density at radius 1 is 1.19 bits per heavy atom. The number of para-hydroxylation sites is 1. The van der Waals surface area contributed by atoms with E-state index in [1.165, 1.54) is 5.39 Å². The van der Waals surface area contributed by atoms with E-state index in [2.05, 4.69) is 28.5 Å². The molecular weight excluding hydrogens is 200 g/mol. The Balaban J connectivity index is 1.76. The zero-order valence-electron chi connectivity index (χ0n) is 9.02. The van der Waals surface area contributed by atoms with Gasteiger partial charge in [-0.15, -0.1) is 0 Å². The molecule has 0 radical (unpaired) electrons. The largest absolute Gasteiger partial charge is 0.378 e. The number of benzene rings is 1. The first-order chi connectivity index (χ1) is 7.92. The molecule has 1 aromatic carbocycles. The summed E-state index contributed by atoms with van der Waals surface area (Å²) in [5.74, 6) is 0. The van der Waals surface area contributed by atoms with Crippen LogP contribution in [0.2, 0.25) is 0 Å². The van der Waals surface area contributed by atoms with E-state index in [-0.39, 0.29) is 0 Å². The van der Waals surface area contributed by atoms with E-state index in [4.69, 9.17) is 4.74 Å². The van der Waals surface area contributed by atoms with Gasteiger partial charge in [-0.05, 0) is 12.1 Å². The minimum Gasteiger partial charge on any atom is -0.378 e. The van der Waals surface area contributed by atoms with Crippen molar-refractivity contribution < 1.29 is 4.74 Å². The summed E-state index contributed by atoms with van der Waals surface area (Å²) in [6.45, 7) is 2.47. The first-order valence-electron chi connectivity index (χ1n) is 5.57. The number of hydrogen-bond acceptors (Lipinski definition) is 3. The van der Waals surface area contributed by atoms with Crippen molar-refractivity contribution >= 4 is 10.9 Å². The maximum Gasteiger partial charge on any atom is 0.0705 e. The number of hydrogen-bond donors (Lipinski definition) is 1. The summed E-state index contributed by atoms with van der Waals surface area (Å²) in [6, 6.07) is 12.9. The lowest BCUT2D eigenvalue weighted by atomic mass is 10.2. The maximum atomic E-state index is 5.11. The van der Waals surface area contributed by atoms with E-state index >= 15 is 0 Å². The van der Waals surface area contributed by atoms with Crippen LogP contribution in [0.1, 0.15) is 5.69 Å². The predicted octanol–water partition coefficient (Wildman–Crippen LogP) is 1.72. The Kier molecular flexibility index (Phi) is 2.56. The average Bonchev–Trinajstić information content (AvgIpc) is 2.27. The molecule has 16 heavy (non-hydrogen) atoms. The fraction of sp³-hybridized carbons (Fsp3) is 0.308. The molecule has 1 aliphatic rings. The minimum absolute atomic E-state index is 0.508. The molecule has 0 spiro atoms. The fourth-order valence-electron chi connectivity index (χ4n) is 1.81. The van der Waals surface area contributed by atoms with Gasteiger partial charge in [0, 0.05) is 11.9 Å². The third-order valence-electron chi connectivity index (χ3n) is 2.87. The van der Waals surface area contributed by atoms with Crippen molar-refractivity contribution in [3.05, 3.63) is 42.1 Å². The number of aromatic nitrogens is 1. The van der Waals surface area contributed by atoms with Gasteiger partial charge >= 0.3 is 0 Å². The fourth-order valence-corrected chi connectivity index (χ4v) is 1.81. The highest BCUT2D eigenvalue weighted by Gasteiger charge is 2.17. The van der Waals surface area contributed by atoms with Crippen molar-refractivity contribution in [2.75, 3.05) is 13.2 Å². The highest BCUT2D eigenvalue weighted by Crippen LogP contribution is 2.12. The SMILES string of the molecule is c1ccc2nc(CNC3COC3)ccc2c1. The van der Waals surface area contributed by atoms with Crippen LogP contribution in [0.5, 0.6) is 0 Å². The van der Waals surface area contributed by atoms with Crippen LogP contribution in [-0.2, 0) is 11.3 Å². The lowest BCUT2D eigenvalue weighted by Gasteiger charge is -2.26. The Bertz CT molecular complexity index is 494. The number of pyridine rings is 1. The topological polar surface area (TPSA) is 34.2 Å².